The van der Waals surface area contributed by atoms with Crippen LogP contribution < -0.4 is 4.74 Å². The lowest BCUT2D eigenvalue weighted by Crippen LogP contribution is -2.29. The van der Waals surface area contributed by atoms with Crippen LogP contribution >= 0.6 is 0 Å². The van der Waals surface area contributed by atoms with E-state index >= 15 is 0 Å². The van der Waals surface area contributed by atoms with Gasteiger partial charge in [-0.05, 0) is 82.5 Å². The first kappa shape index (κ1) is 21.5. The second kappa shape index (κ2) is 11.1. The fraction of sp³-hybridized carbons (Fsp3) is 0.727. The summed E-state index contributed by atoms with van der Waals surface area (Å²) in [5.74, 6) is 2.62. The van der Waals surface area contributed by atoms with Gasteiger partial charge in [-0.1, -0.05) is 31.9 Å². The zero-order valence-electron chi connectivity index (χ0n) is 17.4. The second-order valence-corrected chi connectivity index (χ2v) is 10.3. The van der Waals surface area contributed by atoms with E-state index in [1.165, 1.54) is 31.2 Å². The third-order valence-electron chi connectivity index (χ3n) is 5.07. The largest absolute Gasteiger partial charge is 0.494 e. The molecule has 3 nitrogen and oxygen atoms in total. The summed E-state index contributed by atoms with van der Waals surface area (Å²) in [5.41, 5.74) is 1.48. The fourth-order valence-corrected chi connectivity index (χ4v) is 5.70. The van der Waals surface area contributed by atoms with E-state index in [1.807, 2.05) is 0 Å². The summed E-state index contributed by atoms with van der Waals surface area (Å²) in [6.45, 7) is 11.4. The molecule has 0 radical (unpaired) electrons. The van der Waals surface area contributed by atoms with Crippen molar-refractivity contribution in [3.05, 3.63) is 29.8 Å². The van der Waals surface area contributed by atoms with Gasteiger partial charge in [-0.2, -0.15) is 0 Å². The summed E-state index contributed by atoms with van der Waals surface area (Å²) in [7, 11) is -1.59. The molecule has 2 rings (SSSR count). The molecule has 0 amide bonds. The van der Waals surface area contributed by atoms with Crippen LogP contribution in [-0.4, -0.2) is 28.1 Å². The van der Waals surface area contributed by atoms with Crippen LogP contribution in [0.3, 0.4) is 0 Å². The number of rotatable bonds is 10. The molecule has 1 aliphatic carbocycles. The molecule has 1 fully saturated rings. The van der Waals surface area contributed by atoms with Crippen molar-refractivity contribution < 1.29 is 13.6 Å². The van der Waals surface area contributed by atoms with Crippen molar-refractivity contribution in [3.63, 3.8) is 0 Å². The molecule has 0 aromatic heterocycles. The molecule has 0 bridgehead atoms. The van der Waals surface area contributed by atoms with Crippen molar-refractivity contribution in [2.24, 2.45) is 5.92 Å². The maximum Gasteiger partial charge on any atom is 0.321 e. The average molecular weight is 379 g/mol. The standard InChI is InChI=1S/C22H38O3Si/c1-17(2)24-26(25-18(3)4)16-6-15-23-22-13-11-21(12-14-22)20-9-7-19(5)8-10-20/h11-14,17-20,26H,6-10,15-16H2,1-5H3. The average Bonchev–Trinajstić information content (AvgIpc) is 2.59. The van der Waals surface area contributed by atoms with Crippen molar-refractivity contribution in [3.8, 4) is 5.75 Å². The van der Waals surface area contributed by atoms with Crippen LogP contribution in [0.15, 0.2) is 24.3 Å². The molecule has 0 heterocycles. The molecule has 1 aliphatic rings. The van der Waals surface area contributed by atoms with E-state index < -0.39 is 9.28 Å². The van der Waals surface area contributed by atoms with Gasteiger partial charge < -0.3 is 13.6 Å². The molecule has 0 atom stereocenters. The molecule has 4 heteroatoms. The van der Waals surface area contributed by atoms with Gasteiger partial charge in [-0.15, -0.1) is 0 Å². The Bertz CT molecular complexity index is 483. The van der Waals surface area contributed by atoms with Gasteiger partial charge in [0, 0.05) is 12.2 Å². The third kappa shape index (κ3) is 7.81. The first-order valence-corrected chi connectivity index (χ1v) is 12.2. The van der Waals surface area contributed by atoms with Gasteiger partial charge in [0.1, 0.15) is 5.75 Å². The summed E-state index contributed by atoms with van der Waals surface area (Å²) >= 11 is 0. The maximum absolute atomic E-state index is 5.96. The number of hydrogen-bond donors (Lipinski definition) is 0. The van der Waals surface area contributed by atoms with Crippen molar-refractivity contribution in [2.45, 2.75) is 90.9 Å². The second-order valence-electron chi connectivity index (χ2n) is 8.32. The quantitative estimate of drug-likeness (QED) is 0.379. The maximum atomic E-state index is 5.96. The van der Waals surface area contributed by atoms with Crippen LogP contribution in [0.2, 0.25) is 6.04 Å². The van der Waals surface area contributed by atoms with E-state index in [1.54, 1.807) is 0 Å². The van der Waals surface area contributed by atoms with E-state index in [2.05, 4.69) is 58.9 Å². The Morgan fingerprint density at radius 2 is 1.50 bits per heavy atom. The van der Waals surface area contributed by atoms with E-state index in [4.69, 9.17) is 13.6 Å². The fourth-order valence-electron chi connectivity index (χ4n) is 3.64. The highest BCUT2D eigenvalue weighted by Gasteiger charge is 2.20. The molecule has 0 saturated heterocycles. The minimum atomic E-state index is -1.59. The monoisotopic (exact) mass is 378 g/mol. The summed E-state index contributed by atoms with van der Waals surface area (Å²) in [5, 5.41) is 0. The summed E-state index contributed by atoms with van der Waals surface area (Å²) < 4.78 is 17.9. The van der Waals surface area contributed by atoms with Gasteiger partial charge in [0.25, 0.3) is 0 Å². The number of ether oxygens (including phenoxy) is 1. The molecule has 26 heavy (non-hydrogen) atoms. The van der Waals surface area contributed by atoms with Gasteiger partial charge in [-0.25, -0.2) is 0 Å². The minimum Gasteiger partial charge on any atom is -0.494 e. The minimum absolute atomic E-state index is 0.238. The van der Waals surface area contributed by atoms with Gasteiger partial charge in [0.15, 0.2) is 0 Å². The van der Waals surface area contributed by atoms with Crippen LogP contribution in [0.25, 0.3) is 0 Å². The first-order chi connectivity index (χ1) is 12.4. The van der Waals surface area contributed by atoms with E-state index in [9.17, 15) is 0 Å². The topological polar surface area (TPSA) is 27.7 Å². The normalized spacial score (nSPS) is 20.9. The van der Waals surface area contributed by atoms with E-state index in [0.29, 0.717) is 0 Å². The Hall–Kier alpha value is -0.843. The molecule has 1 saturated carbocycles. The summed E-state index contributed by atoms with van der Waals surface area (Å²) in [6.07, 6.45) is 6.86. The van der Waals surface area contributed by atoms with Crippen LogP contribution in [0.1, 0.15) is 78.2 Å². The molecular formula is C22H38O3Si. The highest BCUT2D eigenvalue weighted by molar-refractivity contribution is 6.44. The lowest BCUT2D eigenvalue weighted by Gasteiger charge is -2.26. The smallest absolute Gasteiger partial charge is 0.321 e. The molecule has 148 valence electrons. The van der Waals surface area contributed by atoms with Gasteiger partial charge in [0.05, 0.1) is 6.61 Å². The summed E-state index contributed by atoms with van der Waals surface area (Å²) in [4.78, 5) is 0. The predicted molar refractivity (Wildman–Crippen MR) is 111 cm³/mol. The highest BCUT2D eigenvalue weighted by Crippen LogP contribution is 2.35. The molecule has 0 spiro atoms. The van der Waals surface area contributed by atoms with Crippen LogP contribution in [-0.2, 0) is 8.85 Å². The van der Waals surface area contributed by atoms with E-state index in [-0.39, 0.29) is 12.2 Å². The number of hydrogen-bond acceptors (Lipinski definition) is 3. The van der Waals surface area contributed by atoms with Crippen LogP contribution in [0.4, 0.5) is 0 Å². The van der Waals surface area contributed by atoms with Crippen molar-refractivity contribution in [2.75, 3.05) is 6.61 Å². The predicted octanol–water partition coefficient (Wildman–Crippen LogP) is 5.82. The molecule has 1 aromatic rings. The Morgan fingerprint density at radius 3 is 2.04 bits per heavy atom. The van der Waals surface area contributed by atoms with Gasteiger partial charge in [0.2, 0.25) is 0 Å². The van der Waals surface area contributed by atoms with Crippen molar-refractivity contribution >= 4 is 9.28 Å². The summed E-state index contributed by atoms with van der Waals surface area (Å²) in [6, 6.07) is 9.79. The third-order valence-corrected chi connectivity index (χ3v) is 7.64. The Balaban J connectivity index is 1.72. The molecule has 0 N–H and O–H groups in total. The molecule has 1 aromatic carbocycles. The van der Waals surface area contributed by atoms with Crippen molar-refractivity contribution in [1.29, 1.82) is 0 Å². The Kier molecular flexibility index (Phi) is 9.16. The van der Waals surface area contributed by atoms with Crippen LogP contribution in [0.5, 0.6) is 5.75 Å². The van der Waals surface area contributed by atoms with Crippen molar-refractivity contribution in [1.82, 2.24) is 0 Å². The molecule has 0 aliphatic heterocycles. The number of benzene rings is 1. The lowest BCUT2D eigenvalue weighted by molar-refractivity contribution is 0.128. The first-order valence-electron chi connectivity index (χ1n) is 10.5. The highest BCUT2D eigenvalue weighted by atomic mass is 28.3. The van der Waals surface area contributed by atoms with Gasteiger partial charge in [-0.3, -0.25) is 0 Å². The SMILES string of the molecule is CC1CCC(c2ccc(OCCC[SiH](OC(C)C)OC(C)C)cc2)CC1. The lowest BCUT2D eigenvalue weighted by atomic mass is 9.79. The molecule has 0 unspecified atom stereocenters. The molecular weight excluding hydrogens is 340 g/mol. The Morgan fingerprint density at radius 1 is 0.923 bits per heavy atom. The zero-order valence-corrected chi connectivity index (χ0v) is 18.5. The van der Waals surface area contributed by atoms with Gasteiger partial charge >= 0.3 is 9.28 Å². The zero-order chi connectivity index (χ0) is 18.9. The van der Waals surface area contributed by atoms with Crippen LogP contribution in [0, 0.1) is 5.92 Å². The van der Waals surface area contributed by atoms with E-state index in [0.717, 1.165) is 36.7 Å². The Labute approximate surface area is 162 Å².